The number of aryl methyl sites for hydroxylation is 1. The number of hydrogen-bond donors (Lipinski definition) is 2. The molecule has 1 heterocycles. The molecule has 0 aliphatic carbocycles. The molecule has 0 saturated heterocycles. The molecule has 0 bridgehead atoms. The third-order valence-electron chi connectivity index (χ3n) is 2.43. The van der Waals surface area contributed by atoms with Crippen LogP contribution < -0.4 is 14.8 Å². The van der Waals surface area contributed by atoms with Gasteiger partial charge in [-0.15, -0.1) is 0 Å². The minimum Gasteiger partial charge on any atom is -0.486 e. The van der Waals surface area contributed by atoms with Crippen LogP contribution in [0.2, 0.25) is 0 Å². The van der Waals surface area contributed by atoms with Crippen molar-refractivity contribution in [3.63, 3.8) is 0 Å². The van der Waals surface area contributed by atoms with E-state index in [1.165, 1.54) is 0 Å². The van der Waals surface area contributed by atoms with Crippen LogP contribution in [0.3, 0.4) is 0 Å². The van der Waals surface area contributed by atoms with Crippen LogP contribution in [-0.2, 0) is 6.54 Å². The van der Waals surface area contributed by atoms with Gasteiger partial charge in [-0.2, -0.15) is 0 Å². The van der Waals surface area contributed by atoms with E-state index < -0.39 is 6.09 Å². The fourth-order valence-electron chi connectivity index (χ4n) is 1.59. The summed E-state index contributed by atoms with van der Waals surface area (Å²) in [5.74, 6) is 1.40. The predicted octanol–water partition coefficient (Wildman–Crippen LogP) is 1.53. The van der Waals surface area contributed by atoms with Gasteiger partial charge in [0.25, 0.3) is 0 Å². The highest BCUT2D eigenvalue weighted by Crippen LogP contribution is 2.32. The summed E-state index contributed by atoms with van der Waals surface area (Å²) in [6.45, 7) is 3.27. The van der Waals surface area contributed by atoms with Crippen molar-refractivity contribution in [1.29, 1.82) is 0 Å². The van der Waals surface area contributed by atoms with Crippen molar-refractivity contribution >= 4 is 6.09 Å². The average molecular weight is 223 g/mol. The van der Waals surface area contributed by atoms with Gasteiger partial charge in [0.15, 0.2) is 11.5 Å². The van der Waals surface area contributed by atoms with Crippen molar-refractivity contribution in [3.8, 4) is 11.5 Å². The average Bonchev–Trinajstić information content (AvgIpc) is 2.26. The number of carboxylic acid groups (broad SMARTS) is 1. The first-order valence-electron chi connectivity index (χ1n) is 5.03. The number of hydrogen-bond acceptors (Lipinski definition) is 3. The minimum absolute atomic E-state index is 0.276. The Bertz CT molecular complexity index is 417. The molecule has 1 aliphatic heterocycles. The Morgan fingerprint density at radius 1 is 1.38 bits per heavy atom. The van der Waals surface area contributed by atoms with Crippen molar-refractivity contribution in [2.75, 3.05) is 13.2 Å². The highest BCUT2D eigenvalue weighted by Gasteiger charge is 2.14. The van der Waals surface area contributed by atoms with E-state index in [1.807, 2.05) is 19.1 Å². The van der Waals surface area contributed by atoms with Gasteiger partial charge in [0.05, 0.1) is 0 Å². The summed E-state index contributed by atoms with van der Waals surface area (Å²) in [5, 5.41) is 10.9. The van der Waals surface area contributed by atoms with Crippen LogP contribution in [0.15, 0.2) is 12.1 Å². The van der Waals surface area contributed by atoms with E-state index in [-0.39, 0.29) is 6.54 Å². The first kappa shape index (κ1) is 10.6. The molecule has 0 unspecified atom stereocenters. The number of benzene rings is 1. The van der Waals surface area contributed by atoms with E-state index in [0.29, 0.717) is 19.0 Å². The third-order valence-corrected chi connectivity index (χ3v) is 2.43. The fraction of sp³-hybridized carbons (Fsp3) is 0.364. The Morgan fingerprint density at radius 2 is 2.00 bits per heavy atom. The van der Waals surface area contributed by atoms with E-state index in [2.05, 4.69) is 5.32 Å². The number of rotatable bonds is 2. The van der Waals surface area contributed by atoms with Crippen LogP contribution in [0, 0.1) is 6.92 Å². The lowest BCUT2D eigenvalue weighted by atomic mass is 10.1. The van der Waals surface area contributed by atoms with Crippen LogP contribution in [0.5, 0.6) is 11.5 Å². The van der Waals surface area contributed by atoms with E-state index >= 15 is 0 Å². The fourth-order valence-corrected chi connectivity index (χ4v) is 1.59. The highest BCUT2D eigenvalue weighted by atomic mass is 16.6. The van der Waals surface area contributed by atoms with Gasteiger partial charge >= 0.3 is 6.09 Å². The molecule has 16 heavy (non-hydrogen) atoms. The van der Waals surface area contributed by atoms with E-state index in [9.17, 15) is 4.79 Å². The summed E-state index contributed by atoms with van der Waals surface area (Å²) in [5.41, 5.74) is 1.88. The highest BCUT2D eigenvalue weighted by molar-refractivity contribution is 5.64. The summed E-state index contributed by atoms with van der Waals surface area (Å²) in [4.78, 5) is 10.4. The predicted molar refractivity (Wildman–Crippen MR) is 57.0 cm³/mol. The molecule has 0 aromatic heterocycles. The molecule has 0 saturated carbocycles. The van der Waals surface area contributed by atoms with Crippen molar-refractivity contribution < 1.29 is 19.4 Å². The first-order chi connectivity index (χ1) is 7.66. The van der Waals surface area contributed by atoms with E-state index in [1.54, 1.807) is 0 Å². The van der Waals surface area contributed by atoms with Gasteiger partial charge < -0.3 is 19.9 Å². The maximum Gasteiger partial charge on any atom is 0.404 e. The molecule has 0 fully saturated rings. The number of fused-ring (bicyclic) bond motifs is 1. The second-order valence-electron chi connectivity index (χ2n) is 3.58. The van der Waals surface area contributed by atoms with Gasteiger partial charge in [0.1, 0.15) is 13.2 Å². The summed E-state index contributed by atoms with van der Waals surface area (Å²) in [6.07, 6.45) is -1.03. The van der Waals surface area contributed by atoms with Gasteiger partial charge in [0, 0.05) is 6.54 Å². The largest absolute Gasteiger partial charge is 0.486 e. The molecule has 2 N–H and O–H groups in total. The SMILES string of the molecule is Cc1cc2c(cc1CNC(=O)O)OCCO2. The van der Waals surface area contributed by atoms with Crippen LogP contribution in [0.25, 0.3) is 0 Å². The molecule has 86 valence electrons. The van der Waals surface area contributed by atoms with Crippen molar-refractivity contribution in [3.05, 3.63) is 23.3 Å². The van der Waals surface area contributed by atoms with Crippen LogP contribution in [0.1, 0.15) is 11.1 Å². The Balaban J connectivity index is 2.21. The second-order valence-corrected chi connectivity index (χ2v) is 3.58. The number of carbonyl (C=O) groups is 1. The molecule has 5 heteroatoms. The molecule has 1 aromatic carbocycles. The van der Waals surface area contributed by atoms with Crippen LogP contribution in [-0.4, -0.2) is 24.4 Å². The maximum atomic E-state index is 10.4. The molecule has 1 amide bonds. The van der Waals surface area contributed by atoms with Crippen LogP contribution >= 0.6 is 0 Å². The zero-order valence-electron chi connectivity index (χ0n) is 8.95. The maximum absolute atomic E-state index is 10.4. The van der Waals surface area contributed by atoms with Gasteiger partial charge in [-0.1, -0.05) is 0 Å². The molecular formula is C11H13NO4. The van der Waals surface area contributed by atoms with Crippen molar-refractivity contribution in [1.82, 2.24) is 5.32 Å². The number of nitrogens with one attached hydrogen (secondary N) is 1. The van der Waals surface area contributed by atoms with Gasteiger partial charge in [-0.25, -0.2) is 4.79 Å². The summed E-state index contributed by atoms with van der Waals surface area (Å²) >= 11 is 0. The first-order valence-corrected chi connectivity index (χ1v) is 5.03. The molecule has 2 rings (SSSR count). The smallest absolute Gasteiger partial charge is 0.404 e. The number of ether oxygens (including phenoxy) is 2. The van der Waals surface area contributed by atoms with Gasteiger partial charge in [-0.3, -0.25) is 0 Å². The molecule has 1 aliphatic rings. The molecule has 0 radical (unpaired) electrons. The van der Waals surface area contributed by atoms with E-state index in [4.69, 9.17) is 14.6 Å². The quantitative estimate of drug-likeness (QED) is 0.797. The summed E-state index contributed by atoms with van der Waals surface area (Å²) in [6, 6.07) is 3.69. The zero-order chi connectivity index (χ0) is 11.5. The third kappa shape index (κ3) is 2.18. The van der Waals surface area contributed by atoms with Crippen molar-refractivity contribution in [2.45, 2.75) is 13.5 Å². The second kappa shape index (κ2) is 4.30. The van der Waals surface area contributed by atoms with E-state index in [0.717, 1.165) is 16.9 Å². The molecule has 5 nitrogen and oxygen atoms in total. The molecular weight excluding hydrogens is 210 g/mol. The topological polar surface area (TPSA) is 67.8 Å². The Kier molecular flexibility index (Phi) is 2.85. The Labute approximate surface area is 93.0 Å². The standard InChI is InChI=1S/C11H13NO4/c1-7-4-9-10(16-3-2-15-9)5-8(7)6-12-11(13)14/h4-5,12H,2-3,6H2,1H3,(H,13,14). The lowest BCUT2D eigenvalue weighted by Gasteiger charge is -2.20. The monoisotopic (exact) mass is 223 g/mol. The van der Waals surface area contributed by atoms with Crippen molar-refractivity contribution in [2.24, 2.45) is 0 Å². The lowest BCUT2D eigenvalue weighted by Crippen LogP contribution is -2.21. The molecule has 1 aromatic rings. The molecule has 0 atom stereocenters. The Hall–Kier alpha value is -1.91. The number of amides is 1. The lowest BCUT2D eigenvalue weighted by molar-refractivity contribution is 0.171. The van der Waals surface area contributed by atoms with Crippen LogP contribution in [0.4, 0.5) is 4.79 Å². The molecule has 0 spiro atoms. The normalized spacial score (nSPS) is 13.3. The van der Waals surface area contributed by atoms with Gasteiger partial charge in [-0.05, 0) is 30.2 Å². The van der Waals surface area contributed by atoms with Gasteiger partial charge in [0.2, 0.25) is 0 Å². The minimum atomic E-state index is -1.03. The Morgan fingerprint density at radius 3 is 2.62 bits per heavy atom. The summed E-state index contributed by atoms with van der Waals surface area (Å²) < 4.78 is 10.8. The summed E-state index contributed by atoms with van der Waals surface area (Å²) in [7, 11) is 0. The zero-order valence-corrected chi connectivity index (χ0v) is 8.95.